The maximum Gasteiger partial charge on any atom is 0.329 e. The monoisotopic (exact) mass is 442 g/mol. The van der Waals surface area contributed by atoms with Crippen LogP contribution in [-0.2, 0) is 14.3 Å². The first-order valence-electron chi connectivity index (χ1n) is 11.2. The van der Waals surface area contributed by atoms with Crippen molar-refractivity contribution in [2.24, 2.45) is 0 Å². The van der Waals surface area contributed by atoms with Crippen LogP contribution in [0.4, 0.5) is 5.69 Å². The van der Waals surface area contributed by atoms with Crippen molar-refractivity contribution in [1.29, 1.82) is 0 Å². The maximum atomic E-state index is 13.2. The molecule has 2 aromatic rings. The number of ether oxygens (including phenoxy) is 2. The highest BCUT2D eigenvalue weighted by molar-refractivity contribution is 7.11. The number of thiazole rings is 1. The first-order valence-corrected chi connectivity index (χ1v) is 12.0. The zero-order chi connectivity index (χ0) is 22.1. The molecule has 1 amide bonds. The number of rotatable bonds is 5. The van der Waals surface area contributed by atoms with Gasteiger partial charge in [-0.15, -0.1) is 11.3 Å². The van der Waals surface area contributed by atoms with Gasteiger partial charge in [-0.25, -0.2) is 9.78 Å². The Hall–Kier alpha value is -2.41. The van der Waals surface area contributed by atoms with E-state index in [-0.39, 0.29) is 18.0 Å². The Labute approximate surface area is 187 Å². The van der Waals surface area contributed by atoms with Crippen LogP contribution in [0.15, 0.2) is 18.2 Å². The number of carbonyl (C=O) groups is 2. The van der Waals surface area contributed by atoms with Crippen LogP contribution in [0.25, 0.3) is 11.3 Å². The van der Waals surface area contributed by atoms with E-state index in [1.807, 2.05) is 39.0 Å². The van der Waals surface area contributed by atoms with E-state index >= 15 is 0 Å². The van der Waals surface area contributed by atoms with Crippen molar-refractivity contribution in [2.45, 2.75) is 84.5 Å². The minimum absolute atomic E-state index is 0.0460. The lowest BCUT2D eigenvalue weighted by Crippen LogP contribution is -2.53. The highest BCUT2D eigenvalue weighted by Gasteiger charge is 2.40. The molecule has 0 saturated heterocycles. The minimum Gasteiger partial charge on any atom is -0.479 e. The van der Waals surface area contributed by atoms with Gasteiger partial charge in [0.15, 0.2) is 6.10 Å². The molecule has 0 bridgehead atoms. The highest BCUT2D eigenvalue weighted by atomic mass is 32.1. The fourth-order valence-electron chi connectivity index (χ4n) is 4.51. The predicted octanol–water partition coefficient (Wildman–Crippen LogP) is 5.20. The fourth-order valence-corrected chi connectivity index (χ4v) is 5.35. The first-order chi connectivity index (χ1) is 14.9. The predicted molar refractivity (Wildman–Crippen MR) is 122 cm³/mol. The molecule has 1 aromatic heterocycles. The van der Waals surface area contributed by atoms with Gasteiger partial charge in [0.05, 0.1) is 16.4 Å². The zero-order valence-electron chi connectivity index (χ0n) is 18.6. The number of aromatic nitrogens is 1. The molecule has 1 aromatic carbocycles. The van der Waals surface area contributed by atoms with Crippen LogP contribution < -0.4 is 9.64 Å². The first kappa shape index (κ1) is 21.8. The summed E-state index contributed by atoms with van der Waals surface area (Å²) in [6, 6.07) is 5.07. The van der Waals surface area contributed by atoms with Crippen LogP contribution in [0.1, 0.15) is 62.3 Å². The summed E-state index contributed by atoms with van der Waals surface area (Å²) in [7, 11) is 0. The third-order valence-electron chi connectivity index (χ3n) is 6.09. The zero-order valence-corrected chi connectivity index (χ0v) is 19.5. The molecule has 1 aliphatic carbocycles. The summed E-state index contributed by atoms with van der Waals surface area (Å²) in [5.41, 5.74) is 2.42. The number of carbonyl (C=O) groups excluding carboxylic acids is 2. The van der Waals surface area contributed by atoms with E-state index in [0.717, 1.165) is 46.8 Å². The molecule has 2 heterocycles. The lowest BCUT2D eigenvalue weighted by atomic mass is 9.97. The molecule has 0 radical (unpaired) electrons. The number of esters is 1. The van der Waals surface area contributed by atoms with E-state index < -0.39 is 12.1 Å². The van der Waals surface area contributed by atoms with Gasteiger partial charge in [0.2, 0.25) is 0 Å². The van der Waals surface area contributed by atoms with Crippen LogP contribution >= 0.6 is 11.3 Å². The summed E-state index contributed by atoms with van der Waals surface area (Å²) in [4.78, 5) is 33.7. The third-order valence-corrected chi connectivity index (χ3v) is 6.98. The Bertz CT molecular complexity index is 980. The van der Waals surface area contributed by atoms with E-state index in [1.165, 1.54) is 6.42 Å². The van der Waals surface area contributed by atoms with Crippen LogP contribution in [0.2, 0.25) is 0 Å². The average molecular weight is 443 g/mol. The molecule has 0 spiro atoms. The molecule has 4 rings (SSSR count). The lowest BCUT2D eigenvalue weighted by molar-refractivity contribution is -0.153. The summed E-state index contributed by atoms with van der Waals surface area (Å²) in [6.07, 6.45) is 4.94. The number of fused-ring (bicyclic) bond motifs is 1. The number of hydrogen-bond donors (Lipinski definition) is 0. The quantitative estimate of drug-likeness (QED) is 0.596. The molecule has 0 N–H and O–H groups in total. The topological polar surface area (TPSA) is 68.7 Å². The summed E-state index contributed by atoms with van der Waals surface area (Å²) in [5, 5.41) is 0.991. The maximum absolute atomic E-state index is 13.2. The molecule has 2 aliphatic rings. The summed E-state index contributed by atoms with van der Waals surface area (Å²) in [5.74, 6) is 0.0570. The Balaban J connectivity index is 1.69. The van der Waals surface area contributed by atoms with Crippen LogP contribution in [0.5, 0.6) is 5.75 Å². The van der Waals surface area contributed by atoms with Gasteiger partial charge >= 0.3 is 5.97 Å². The molecule has 31 heavy (non-hydrogen) atoms. The molecular formula is C24H30N2O4S. The van der Waals surface area contributed by atoms with Crippen molar-refractivity contribution in [2.75, 3.05) is 4.90 Å². The SMILES string of the molecule is CCC(C(=O)OC1CCCCC1)N1C(=O)C(C)Oc2ccc(-c3nc(C)sc3C)cc21. The molecule has 1 fully saturated rings. The number of aryl methyl sites for hydroxylation is 2. The van der Waals surface area contributed by atoms with Crippen LogP contribution in [0.3, 0.4) is 0 Å². The number of amides is 1. The average Bonchev–Trinajstić information content (AvgIpc) is 3.09. The molecule has 1 aliphatic heterocycles. The van der Waals surface area contributed by atoms with Gasteiger partial charge in [-0.3, -0.25) is 9.69 Å². The second kappa shape index (κ2) is 8.99. The number of benzene rings is 1. The molecule has 6 nitrogen and oxygen atoms in total. The van der Waals surface area contributed by atoms with Gasteiger partial charge in [-0.1, -0.05) is 13.3 Å². The molecule has 1 saturated carbocycles. The van der Waals surface area contributed by atoms with Crippen molar-refractivity contribution in [3.05, 3.63) is 28.1 Å². The Morgan fingerprint density at radius 2 is 2.03 bits per heavy atom. The van der Waals surface area contributed by atoms with Crippen molar-refractivity contribution in [3.63, 3.8) is 0 Å². The van der Waals surface area contributed by atoms with Crippen LogP contribution in [-0.4, -0.2) is 35.1 Å². The fraction of sp³-hybridized carbons (Fsp3) is 0.542. The summed E-state index contributed by atoms with van der Waals surface area (Å²) < 4.78 is 11.7. The molecule has 2 unspecified atom stereocenters. The van der Waals surface area contributed by atoms with Gasteiger partial charge in [0.1, 0.15) is 17.9 Å². The van der Waals surface area contributed by atoms with E-state index in [2.05, 4.69) is 4.98 Å². The molecular weight excluding hydrogens is 412 g/mol. The second-order valence-electron chi connectivity index (χ2n) is 8.41. The molecule has 166 valence electrons. The van der Waals surface area contributed by atoms with E-state index in [1.54, 1.807) is 23.2 Å². The molecule has 7 heteroatoms. The highest BCUT2D eigenvalue weighted by Crippen LogP contribution is 2.40. The van der Waals surface area contributed by atoms with Gasteiger partial charge in [-0.2, -0.15) is 0 Å². The standard InChI is InChI=1S/C24H30N2O4S/c1-5-19(24(28)30-18-9-7-6-8-10-18)26-20-13-17(22-15(3)31-16(4)25-22)11-12-21(20)29-14(2)23(26)27/h11-14,18-19H,5-10H2,1-4H3. The van der Waals surface area contributed by atoms with E-state index in [4.69, 9.17) is 9.47 Å². The Kier molecular flexibility index (Phi) is 6.32. The Morgan fingerprint density at radius 1 is 1.29 bits per heavy atom. The second-order valence-corrected chi connectivity index (χ2v) is 9.82. The largest absolute Gasteiger partial charge is 0.479 e. The van der Waals surface area contributed by atoms with Crippen molar-refractivity contribution < 1.29 is 19.1 Å². The Morgan fingerprint density at radius 3 is 2.68 bits per heavy atom. The van der Waals surface area contributed by atoms with Gasteiger partial charge in [0, 0.05) is 10.4 Å². The number of hydrogen-bond acceptors (Lipinski definition) is 6. The van der Waals surface area contributed by atoms with Gasteiger partial charge in [-0.05, 0) is 71.1 Å². The number of nitrogens with zero attached hydrogens (tertiary/aromatic N) is 2. The van der Waals surface area contributed by atoms with Crippen LogP contribution in [0, 0.1) is 13.8 Å². The van der Waals surface area contributed by atoms with E-state index in [9.17, 15) is 9.59 Å². The van der Waals surface area contributed by atoms with Crippen molar-refractivity contribution >= 4 is 28.9 Å². The summed E-state index contributed by atoms with van der Waals surface area (Å²) >= 11 is 1.64. The minimum atomic E-state index is -0.673. The van der Waals surface area contributed by atoms with Gasteiger partial charge < -0.3 is 9.47 Å². The number of anilines is 1. The smallest absolute Gasteiger partial charge is 0.329 e. The third kappa shape index (κ3) is 4.33. The molecule has 2 atom stereocenters. The van der Waals surface area contributed by atoms with Gasteiger partial charge in [0.25, 0.3) is 5.91 Å². The normalized spacial score (nSPS) is 20.2. The van der Waals surface area contributed by atoms with Crippen molar-refractivity contribution in [1.82, 2.24) is 4.98 Å². The lowest BCUT2D eigenvalue weighted by Gasteiger charge is -2.37. The van der Waals surface area contributed by atoms with Crippen molar-refractivity contribution in [3.8, 4) is 17.0 Å². The van der Waals surface area contributed by atoms with E-state index in [0.29, 0.717) is 17.9 Å². The summed E-state index contributed by atoms with van der Waals surface area (Å²) in [6.45, 7) is 7.66.